The van der Waals surface area contributed by atoms with Crippen LogP contribution in [0, 0.1) is 5.82 Å². The van der Waals surface area contributed by atoms with Crippen molar-refractivity contribution in [3.63, 3.8) is 0 Å². The van der Waals surface area contributed by atoms with E-state index in [1.165, 1.54) is 83.1 Å². The Labute approximate surface area is 206 Å². The van der Waals surface area contributed by atoms with Crippen molar-refractivity contribution in [2.45, 2.75) is 110 Å². The van der Waals surface area contributed by atoms with Crippen molar-refractivity contribution in [1.29, 1.82) is 0 Å². The SMILES string of the molecule is CCCCCCCCCCCCOc1cnc(-c2ccc(OCCCCCCC)cc2F)nc1. The molecule has 0 aliphatic carbocycles. The highest BCUT2D eigenvalue weighted by atomic mass is 19.1. The van der Waals surface area contributed by atoms with E-state index in [1.807, 2.05) is 0 Å². The summed E-state index contributed by atoms with van der Waals surface area (Å²) in [6.45, 7) is 5.74. The van der Waals surface area contributed by atoms with Gasteiger partial charge in [-0.2, -0.15) is 0 Å². The molecule has 34 heavy (non-hydrogen) atoms. The number of rotatable bonds is 20. The van der Waals surface area contributed by atoms with Gasteiger partial charge in [0.2, 0.25) is 0 Å². The van der Waals surface area contributed by atoms with E-state index in [0.29, 0.717) is 36.1 Å². The van der Waals surface area contributed by atoms with Crippen molar-refractivity contribution in [2.24, 2.45) is 0 Å². The van der Waals surface area contributed by atoms with Crippen molar-refractivity contribution in [3.8, 4) is 22.9 Å². The Bertz CT molecular complexity index is 767. The lowest BCUT2D eigenvalue weighted by Crippen LogP contribution is -2.00. The average Bonchev–Trinajstić information content (AvgIpc) is 2.85. The van der Waals surface area contributed by atoms with Crippen molar-refractivity contribution in [2.75, 3.05) is 13.2 Å². The molecular weight excluding hydrogens is 427 g/mol. The molecule has 0 N–H and O–H groups in total. The number of ether oxygens (including phenoxy) is 2. The molecule has 5 heteroatoms. The highest BCUT2D eigenvalue weighted by molar-refractivity contribution is 5.57. The van der Waals surface area contributed by atoms with Gasteiger partial charge in [0.05, 0.1) is 31.2 Å². The van der Waals surface area contributed by atoms with Crippen LogP contribution in [0.4, 0.5) is 4.39 Å². The van der Waals surface area contributed by atoms with Crippen LogP contribution >= 0.6 is 0 Å². The van der Waals surface area contributed by atoms with Gasteiger partial charge in [0.15, 0.2) is 11.6 Å². The van der Waals surface area contributed by atoms with Gasteiger partial charge in [-0.05, 0) is 25.0 Å². The average molecular weight is 473 g/mol. The third kappa shape index (κ3) is 11.8. The van der Waals surface area contributed by atoms with Gasteiger partial charge in [-0.1, -0.05) is 97.3 Å². The normalized spacial score (nSPS) is 11.0. The Hall–Kier alpha value is -2.17. The molecule has 0 spiro atoms. The summed E-state index contributed by atoms with van der Waals surface area (Å²) < 4.78 is 26.0. The molecule has 2 aromatic rings. The molecule has 190 valence electrons. The van der Waals surface area contributed by atoms with Gasteiger partial charge in [0.1, 0.15) is 11.6 Å². The van der Waals surface area contributed by atoms with Crippen molar-refractivity contribution in [1.82, 2.24) is 9.97 Å². The molecular formula is C29H45FN2O2. The third-order valence-corrected chi connectivity index (χ3v) is 6.09. The summed E-state index contributed by atoms with van der Waals surface area (Å²) in [7, 11) is 0. The van der Waals surface area contributed by atoms with Gasteiger partial charge >= 0.3 is 0 Å². The number of nitrogens with zero attached hydrogens (tertiary/aromatic N) is 2. The summed E-state index contributed by atoms with van der Waals surface area (Å²) in [6, 6.07) is 4.88. The molecule has 0 aliphatic rings. The molecule has 0 bridgehead atoms. The maximum atomic E-state index is 14.6. The minimum Gasteiger partial charge on any atom is -0.493 e. The Morgan fingerprint density at radius 3 is 1.59 bits per heavy atom. The molecule has 0 aliphatic heterocycles. The van der Waals surface area contributed by atoms with Gasteiger partial charge in [-0.15, -0.1) is 0 Å². The Morgan fingerprint density at radius 2 is 1.09 bits per heavy atom. The van der Waals surface area contributed by atoms with Crippen LogP contribution in [0.15, 0.2) is 30.6 Å². The topological polar surface area (TPSA) is 44.2 Å². The fraction of sp³-hybridized carbons (Fsp3) is 0.655. The van der Waals surface area contributed by atoms with Gasteiger partial charge in [-0.25, -0.2) is 14.4 Å². The lowest BCUT2D eigenvalue weighted by molar-refractivity contribution is 0.302. The van der Waals surface area contributed by atoms with Crippen molar-refractivity contribution < 1.29 is 13.9 Å². The standard InChI is InChI=1S/C29H45FN2O2/c1-3-5-7-9-10-11-12-13-15-17-21-34-26-23-31-29(32-24-26)27-19-18-25(22-28(27)30)33-20-16-14-8-6-4-2/h18-19,22-24H,3-17,20-21H2,1-2H3. The molecule has 0 saturated carbocycles. The second-order valence-electron chi connectivity index (χ2n) is 9.18. The maximum Gasteiger partial charge on any atom is 0.162 e. The molecule has 0 atom stereocenters. The molecule has 1 heterocycles. The van der Waals surface area contributed by atoms with E-state index in [-0.39, 0.29) is 5.82 Å². The van der Waals surface area contributed by atoms with E-state index >= 15 is 0 Å². The predicted octanol–water partition coefficient (Wildman–Crippen LogP) is 8.93. The molecule has 0 amide bonds. The first-order chi connectivity index (χ1) is 16.7. The highest BCUT2D eigenvalue weighted by Gasteiger charge is 2.10. The lowest BCUT2D eigenvalue weighted by atomic mass is 10.1. The van der Waals surface area contributed by atoms with E-state index in [0.717, 1.165) is 19.3 Å². The fourth-order valence-electron chi connectivity index (χ4n) is 3.97. The second kappa shape index (κ2) is 18.2. The quantitative estimate of drug-likeness (QED) is 0.180. The van der Waals surface area contributed by atoms with Gasteiger partial charge in [-0.3, -0.25) is 0 Å². The zero-order valence-electron chi connectivity index (χ0n) is 21.5. The lowest BCUT2D eigenvalue weighted by Gasteiger charge is -2.09. The van der Waals surface area contributed by atoms with Crippen LogP contribution in [-0.4, -0.2) is 23.2 Å². The van der Waals surface area contributed by atoms with Crippen LogP contribution in [0.1, 0.15) is 110 Å². The number of benzene rings is 1. The summed E-state index contributed by atoms with van der Waals surface area (Å²) in [5, 5.41) is 0. The van der Waals surface area contributed by atoms with E-state index in [2.05, 4.69) is 23.8 Å². The molecule has 1 aromatic heterocycles. The minimum atomic E-state index is -0.373. The predicted molar refractivity (Wildman–Crippen MR) is 139 cm³/mol. The van der Waals surface area contributed by atoms with Crippen LogP contribution in [0.3, 0.4) is 0 Å². The molecule has 2 rings (SSSR count). The second-order valence-corrected chi connectivity index (χ2v) is 9.18. The van der Waals surface area contributed by atoms with Gasteiger partial charge in [0, 0.05) is 6.07 Å². The summed E-state index contributed by atoms with van der Waals surface area (Å²) in [5.74, 6) is 1.16. The summed E-state index contributed by atoms with van der Waals surface area (Å²) in [4.78, 5) is 8.59. The monoisotopic (exact) mass is 472 g/mol. The van der Waals surface area contributed by atoms with E-state index in [4.69, 9.17) is 9.47 Å². The van der Waals surface area contributed by atoms with Crippen LogP contribution in [0.25, 0.3) is 11.4 Å². The number of hydrogen-bond donors (Lipinski definition) is 0. The zero-order chi connectivity index (χ0) is 24.3. The van der Waals surface area contributed by atoms with E-state index in [1.54, 1.807) is 24.5 Å². The third-order valence-electron chi connectivity index (χ3n) is 6.09. The number of aromatic nitrogens is 2. The van der Waals surface area contributed by atoms with Crippen LogP contribution in [0.2, 0.25) is 0 Å². The van der Waals surface area contributed by atoms with Crippen LogP contribution in [0.5, 0.6) is 11.5 Å². The molecule has 4 nitrogen and oxygen atoms in total. The molecule has 1 aromatic carbocycles. The zero-order valence-corrected chi connectivity index (χ0v) is 21.5. The summed E-state index contributed by atoms with van der Waals surface area (Å²) >= 11 is 0. The number of unbranched alkanes of at least 4 members (excludes halogenated alkanes) is 13. The Balaban J connectivity index is 1.63. The molecule has 0 unspecified atom stereocenters. The minimum absolute atomic E-state index is 0.356. The van der Waals surface area contributed by atoms with Gasteiger partial charge in [0.25, 0.3) is 0 Å². The highest BCUT2D eigenvalue weighted by Crippen LogP contribution is 2.24. The summed E-state index contributed by atoms with van der Waals surface area (Å²) in [5.41, 5.74) is 0.372. The van der Waals surface area contributed by atoms with Crippen LogP contribution in [-0.2, 0) is 0 Å². The number of hydrogen-bond acceptors (Lipinski definition) is 4. The van der Waals surface area contributed by atoms with E-state index in [9.17, 15) is 4.39 Å². The first kappa shape index (κ1) is 28.1. The Kier molecular flexibility index (Phi) is 15.0. The van der Waals surface area contributed by atoms with Crippen molar-refractivity contribution >= 4 is 0 Å². The number of halogens is 1. The maximum absolute atomic E-state index is 14.6. The molecule has 0 fully saturated rings. The van der Waals surface area contributed by atoms with Crippen LogP contribution < -0.4 is 9.47 Å². The van der Waals surface area contributed by atoms with Crippen molar-refractivity contribution in [3.05, 3.63) is 36.4 Å². The fourth-order valence-corrected chi connectivity index (χ4v) is 3.97. The first-order valence-corrected chi connectivity index (χ1v) is 13.6. The van der Waals surface area contributed by atoms with E-state index < -0.39 is 0 Å². The smallest absolute Gasteiger partial charge is 0.162 e. The summed E-state index contributed by atoms with van der Waals surface area (Å²) in [6.07, 6.45) is 22.1. The molecule has 0 saturated heterocycles. The van der Waals surface area contributed by atoms with Gasteiger partial charge < -0.3 is 9.47 Å². The first-order valence-electron chi connectivity index (χ1n) is 13.6. The Morgan fingerprint density at radius 1 is 0.618 bits per heavy atom. The molecule has 0 radical (unpaired) electrons. The largest absolute Gasteiger partial charge is 0.493 e.